The predicted octanol–water partition coefficient (Wildman–Crippen LogP) is 1.54. The van der Waals surface area contributed by atoms with Crippen molar-refractivity contribution in [1.82, 2.24) is 14.7 Å². The van der Waals surface area contributed by atoms with E-state index in [1.54, 1.807) is 23.9 Å². The second kappa shape index (κ2) is 7.35. The molecule has 3 fully saturated rings. The van der Waals surface area contributed by atoms with Crippen molar-refractivity contribution in [2.75, 3.05) is 39.0 Å². The number of urea groups is 1. The summed E-state index contributed by atoms with van der Waals surface area (Å²) in [7, 11) is 3.37. The number of carbonyl (C=O) groups is 3. The van der Waals surface area contributed by atoms with Gasteiger partial charge >= 0.3 is 6.03 Å². The molecule has 3 heterocycles. The highest BCUT2D eigenvalue weighted by Gasteiger charge is 2.42. The summed E-state index contributed by atoms with van der Waals surface area (Å²) in [5, 5.41) is 2.95. The number of para-hydroxylation sites is 1. The second-order valence-corrected chi connectivity index (χ2v) is 7.33. The Morgan fingerprint density at radius 1 is 1.19 bits per heavy atom. The largest absolute Gasteiger partial charge is 0.347 e. The van der Waals surface area contributed by atoms with E-state index < -0.39 is 0 Å². The van der Waals surface area contributed by atoms with E-state index in [1.165, 1.54) is 4.90 Å². The van der Waals surface area contributed by atoms with Gasteiger partial charge in [0.1, 0.15) is 6.54 Å². The Hall–Kier alpha value is -2.57. The zero-order chi connectivity index (χ0) is 18.8. The number of rotatable bonds is 3. The summed E-state index contributed by atoms with van der Waals surface area (Å²) in [4.78, 5) is 42.4. The summed E-state index contributed by atoms with van der Waals surface area (Å²) in [5.41, 5.74) is 1.77. The fourth-order valence-corrected chi connectivity index (χ4v) is 3.61. The Morgan fingerprint density at radius 3 is 2.62 bits per heavy atom. The number of aryl methyl sites for hydroxylation is 1. The van der Waals surface area contributed by atoms with Gasteiger partial charge in [-0.3, -0.25) is 9.59 Å². The van der Waals surface area contributed by atoms with Crippen molar-refractivity contribution in [1.29, 1.82) is 0 Å². The van der Waals surface area contributed by atoms with Crippen LogP contribution < -0.4 is 5.32 Å². The van der Waals surface area contributed by atoms with Crippen LogP contribution in [-0.2, 0) is 9.59 Å². The molecule has 1 aromatic carbocycles. The van der Waals surface area contributed by atoms with E-state index >= 15 is 0 Å². The van der Waals surface area contributed by atoms with Gasteiger partial charge in [0.15, 0.2) is 0 Å². The molecule has 7 heteroatoms. The summed E-state index contributed by atoms with van der Waals surface area (Å²) in [6.07, 6.45) is 1.59. The molecule has 26 heavy (non-hydrogen) atoms. The van der Waals surface area contributed by atoms with E-state index in [1.807, 2.05) is 31.2 Å². The monoisotopic (exact) mass is 358 g/mol. The van der Waals surface area contributed by atoms with Gasteiger partial charge in [-0.1, -0.05) is 18.2 Å². The molecule has 0 aromatic heterocycles. The lowest BCUT2D eigenvalue weighted by molar-refractivity contribution is -0.145. The zero-order valence-electron chi connectivity index (χ0n) is 15.6. The average molecular weight is 358 g/mol. The van der Waals surface area contributed by atoms with Crippen molar-refractivity contribution in [3.05, 3.63) is 29.8 Å². The van der Waals surface area contributed by atoms with Gasteiger partial charge in [0, 0.05) is 38.9 Å². The molecular weight excluding hydrogens is 332 g/mol. The number of fused-ring (bicyclic) bond motifs is 4. The summed E-state index contributed by atoms with van der Waals surface area (Å²) in [5.74, 6) is -0.337. The van der Waals surface area contributed by atoms with E-state index in [4.69, 9.17) is 0 Å². The lowest BCUT2D eigenvalue weighted by Gasteiger charge is -2.35. The van der Waals surface area contributed by atoms with Crippen LogP contribution in [-0.4, -0.2) is 72.3 Å². The molecule has 1 N–H and O–H groups in total. The van der Waals surface area contributed by atoms with Crippen molar-refractivity contribution in [3.63, 3.8) is 0 Å². The molecule has 7 nitrogen and oxygen atoms in total. The van der Waals surface area contributed by atoms with Crippen LogP contribution in [0.5, 0.6) is 0 Å². The number of nitrogens with zero attached hydrogens (tertiary/aromatic N) is 3. The zero-order valence-corrected chi connectivity index (χ0v) is 15.6. The third kappa shape index (κ3) is 3.66. The van der Waals surface area contributed by atoms with Gasteiger partial charge in [0.25, 0.3) is 0 Å². The van der Waals surface area contributed by atoms with Crippen LogP contribution in [0.25, 0.3) is 0 Å². The highest BCUT2D eigenvalue weighted by Crippen LogP contribution is 2.29. The number of amides is 4. The number of carbonyl (C=O) groups excluding carboxylic acids is 3. The van der Waals surface area contributed by atoms with Crippen molar-refractivity contribution in [3.8, 4) is 0 Å². The molecule has 0 unspecified atom stereocenters. The molecule has 0 aliphatic carbocycles. The molecule has 140 valence electrons. The van der Waals surface area contributed by atoms with E-state index in [2.05, 4.69) is 5.32 Å². The number of nitrogens with one attached hydrogen (secondary N) is 1. The molecule has 0 saturated carbocycles. The van der Waals surface area contributed by atoms with Crippen LogP contribution >= 0.6 is 0 Å². The topological polar surface area (TPSA) is 73.0 Å². The molecule has 3 aliphatic heterocycles. The number of anilines is 1. The minimum Gasteiger partial charge on any atom is -0.347 e. The Labute approximate surface area is 153 Å². The van der Waals surface area contributed by atoms with Crippen LogP contribution in [0.2, 0.25) is 0 Å². The smallest absolute Gasteiger partial charge is 0.321 e. The van der Waals surface area contributed by atoms with Crippen molar-refractivity contribution < 1.29 is 14.4 Å². The predicted molar refractivity (Wildman–Crippen MR) is 98.7 cm³/mol. The first-order valence-corrected chi connectivity index (χ1v) is 8.99. The minimum atomic E-state index is -0.230. The number of hydrogen-bond donors (Lipinski definition) is 1. The number of likely N-dealkylation sites (N-methyl/N-ethyl adjacent to an activating group) is 1. The van der Waals surface area contributed by atoms with Crippen molar-refractivity contribution >= 4 is 23.5 Å². The Balaban J connectivity index is 1.72. The highest BCUT2D eigenvalue weighted by molar-refractivity contribution is 5.92. The summed E-state index contributed by atoms with van der Waals surface area (Å²) in [6.45, 7) is 2.89. The van der Waals surface area contributed by atoms with Crippen molar-refractivity contribution in [2.45, 2.75) is 25.8 Å². The molecule has 1 aromatic rings. The Kier molecular flexibility index (Phi) is 5.15. The fourth-order valence-electron chi connectivity index (χ4n) is 3.61. The van der Waals surface area contributed by atoms with Gasteiger partial charge < -0.3 is 20.0 Å². The Morgan fingerprint density at radius 2 is 1.92 bits per heavy atom. The van der Waals surface area contributed by atoms with Crippen LogP contribution in [0, 0.1) is 12.8 Å². The van der Waals surface area contributed by atoms with E-state index in [9.17, 15) is 14.4 Å². The molecule has 4 rings (SSSR count). The fraction of sp³-hybridized carbons (Fsp3) is 0.526. The molecule has 3 saturated heterocycles. The van der Waals surface area contributed by atoms with E-state index in [-0.39, 0.29) is 36.3 Å². The SMILES string of the molecule is Cc1ccccc1NC(=O)N1C[C@@H]2CC[C@H](C1)N(CC(=O)N(C)C)C2=O. The van der Waals surface area contributed by atoms with Gasteiger partial charge in [-0.05, 0) is 31.4 Å². The highest BCUT2D eigenvalue weighted by atomic mass is 16.2. The lowest BCUT2D eigenvalue weighted by Crippen LogP contribution is -2.51. The van der Waals surface area contributed by atoms with Gasteiger partial charge in [-0.2, -0.15) is 0 Å². The van der Waals surface area contributed by atoms with Gasteiger partial charge in [-0.25, -0.2) is 4.79 Å². The first kappa shape index (κ1) is 18.2. The van der Waals surface area contributed by atoms with Crippen LogP contribution in [0.15, 0.2) is 24.3 Å². The standard InChI is InChI=1S/C19H26N4O3/c1-13-6-4-5-7-16(13)20-19(26)22-10-14-8-9-15(11-22)23(18(14)25)12-17(24)21(2)3/h4-7,14-15H,8-12H2,1-3H3,(H,20,26)/t14-,15+/m0/s1. The first-order chi connectivity index (χ1) is 12.4. The maximum Gasteiger partial charge on any atom is 0.321 e. The summed E-state index contributed by atoms with van der Waals surface area (Å²) >= 11 is 0. The van der Waals surface area contributed by atoms with E-state index in [0.29, 0.717) is 13.1 Å². The minimum absolute atomic E-state index is 0.0114. The van der Waals surface area contributed by atoms with Crippen LogP contribution in [0.3, 0.4) is 0 Å². The number of hydrogen-bond acceptors (Lipinski definition) is 3. The quantitative estimate of drug-likeness (QED) is 0.891. The van der Waals surface area contributed by atoms with Gasteiger partial charge in [0.05, 0.1) is 5.92 Å². The van der Waals surface area contributed by atoms with Gasteiger partial charge in [-0.15, -0.1) is 0 Å². The third-order valence-electron chi connectivity index (χ3n) is 5.27. The Bertz CT molecular complexity index is 718. The maximum atomic E-state index is 12.7. The van der Waals surface area contributed by atoms with Crippen LogP contribution in [0.1, 0.15) is 18.4 Å². The molecule has 2 atom stereocenters. The lowest BCUT2D eigenvalue weighted by atomic mass is 9.94. The van der Waals surface area contributed by atoms with Gasteiger partial charge in [0.2, 0.25) is 11.8 Å². The molecule has 4 amide bonds. The molecule has 3 aliphatic rings. The third-order valence-corrected chi connectivity index (χ3v) is 5.27. The second-order valence-electron chi connectivity index (χ2n) is 7.33. The van der Waals surface area contributed by atoms with Crippen LogP contribution in [0.4, 0.5) is 10.5 Å². The normalized spacial score (nSPS) is 22.2. The van der Waals surface area contributed by atoms with E-state index in [0.717, 1.165) is 24.1 Å². The maximum absolute atomic E-state index is 12.7. The molecular formula is C19H26N4O3. The number of piperidine rings is 1. The molecule has 2 bridgehead atoms. The number of benzene rings is 1. The molecule has 0 spiro atoms. The summed E-state index contributed by atoms with van der Waals surface area (Å²) in [6, 6.07) is 7.33. The average Bonchev–Trinajstić information content (AvgIpc) is 2.89. The summed E-state index contributed by atoms with van der Waals surface area (Å²) < 4.78 is 0. The molecule has 0 radical (unpaired) electrons. The van der Waals surface area contributed by atoms with Crippen molar-refractivity contribution in [2.24, 2.45) is 5.92 Å². The first-order valence-electron chi connectivity index (χ1n) is 8.99.